The van der Waals surface area contributed by atoms with Gasteiger partial charge in [0.25, 0.3) is 0 Å². The van der Waals surface area contributed by atoms with Gasteiger partial charge in [0.05, 0.1) is 12.5 Å². The quantitative estimate of drug-likeness (QED) is 0.230. The van der Waals surface area contributed by atoms with Crippen molar-refractivity contribution in [1.29, 1.82) is 0 Å². The molecular formula is C32H27ClN2O4. The smallest absolute Gasteiger partial charge is 0.232 e. The van der Waals surface area contributed by atoms with Crippen LogP contribution in [0.3, 0.4) is 0 Å². The number of nitrogens with zero attached hydrogens (tertiary/aromatic N) is 2. The molecule has 1 aliphatic rings. The number of amides is 1. The minimum atomic E-state index is -1.62. The number of pyridine rings is 1. The molecule has 2 aromatic heterocycles. The van der Waals surface area contributed by atoms with Crippen LogP contribution in [-0.4, -0.2) is 22.5 Å². The molecule has 0 saturated heterocycles. The topological polar surface area (TPSA) is 80.6 Å². The summed E-state index contributed by atoms with van der Waals surface area (Å²) in [6.45, 7) is 2.13. The fraction of sp³-hybridized carbons (Fsp3) is 0.188. The molecule has 1 amide bonds. The van der Waals surface area contributed by atoms with E-state index in [2.05, 4.69) is 12.1 Å². The highest BCUT2D eigenvalue weighted by Crippen LogP contribution is 2.37. The van der Waals surface area contributed by atoms with E-state index in [-0.39, 0.29) is 29.8 Å². The summed E-state index contributed by atoms with van der Waals surface area (Å²) in [6.07, 6.45) is 2.30. The first kappa shape index (κ1) is 25.2. The second-order valence-electron chi connectivity index (χ2n) is 10.1. The number of carbonyl (C=O) groups excluding carboxylic acids is 1. The van der Waals surface area contributed by atoms with Gasteiger partial charge in [0, 0.05) is 29.1 Å². The molecule has 0 saturated carbocycles. The number of carbonyl (C=O) groups is 1. The summed E-state index contributed by atoms with van der Waals surface area (Å²) in [5, 5.41) is 24.9. The zero-order chi connectivity index (χ0) is 27.1. The van der Waals surface area contributed by atoms with Crippen LogP contribution in [-0.2, 0) is 23.2 Å². The van der Waals surface area contributed by atoms with Crippen LogP contribution in [0.15, 0.2) is 102 Å². The number of fused-ring (bicyclic) bond motifs is 2. The highest BCUT2D eigenvalue weighted by Gasteiger charge is 2.37. The Morgan fingerprint density at radius 1 is 1.08 bits per heavy atom. The van der Waals surface area contributed by atoms with Gasteiger partial charge in [-0.3, -0.25) is 4.79 Å². The van der Waals surface area contributed by atoms with Gasteiger partial charge in [-0.1, -0.05) is 54.1 Å². The van der Waals surface area contributed by atoms with Gasteiger partial charge in [-0.2, -0.15) is 4.73 Å². The highest BCUT2D eigenvalue weighted by atomic mass is 35.5. The first-order chi connectivity index (χ1) is 18.8. The molecule has 2 atom stereocenters. The first-order valence-electron chi connectivity index (χ1n) is 12.9. The van der Waals surface area contributed by atoms with E-state index in [4.69, 9.17) is 16.0 Å². The fourth-order valence-corrected chi connectivity index (χ4v) is 5.70. The van der Waals surface area contributed by atoms with Crippen LogP contribution in [0.5, 0.6) is 0 Å². The summed E-state index contributed by atoms with van der Waals surface area (Å²) in [5.41, 5.74) is 3.27. The molecule has 2 unspecified atom stereocenters. The Morgan fingerprint density at radius 3 is 2.67 bits per heavy atom. The summed E-state index contributed by atoms with van der Waals surface area (Å²) in [5.74, 6) is 0.281. The number of aliphatic hydroxyl groups is 1. The summed E-state index contributed by atoms with van der Waals surface area (Å²) >= 11 is 6.28. The van der Waals surface area contributed by atoms with E-state index in [1.165, 1.54) is 13.1 Å². The predicted molar refractivity (Wildman–Crippen MR) is 149 cm³/mol. The first-order valence-corrected chi connectivity index (χ1v) is 13.3. The average molecular weight is 539 g/mol. The molecule has 3 aromatic carbocycles. The monoisotopic (exact) mass is 538 g/mol. The third-order valence-electron chi connectivity index (χ3n) is 7.51. The fourth-order valence-electron chi connectivity index (χ4n) is 5.51. The zero-order valence-electron chi connectivity index (χ0n) is 21.4. The Morgan fingerprint density at radius 2 is 1.87 bits per heavy atom. The van der Waals surface area contributed by atoms with Crippen LogP contribution >= 0.6 is 11.6 Å². The molecule has 1 N–H and O–H groups in total. The molecule has 0 bridgehead atoms. The van der Waals surface area contributed by atoms with E-state index in [0.717, 1.165) is 34.1 Å². The molecule has 6 rings (SSSR count). The minimum Gasteiger partial charge on any atom is -0.618 e. The maximum absolute atomic E-state index is 13.7. The van der Waals surface area contributed by atoms with Gasteiger partial charge < -0.3 is 19.6 Å². The summed E-state index contributed by atoms with van der Waals surface area (Å²) in [4.78, 5) is 15.7. The number of hydrogen-bond donors (Lipinski definition) is 1. The predicted octanol–water partition coefficient (Wildman–Crippen LogP) is 5.69. The lowest BCUT2D eigenvalue weighted by Crippen LogP contribution is -2.41. The molecule has 196 valence electrons. The molecule has 39 heavy (non-hydrogen) atoms. The van der Waals surface area contributed by atoms with Gasteiger partial charge in [-0.15, -0.1) is 0 Å². The standard InChI is InChI=1S/C32H27ClN2O4/c1-32(37,28-9-5-6-15-35(28)38)29-20-24-17-21(10-13-27(24)39-29)18-30(36)34-16-14-23-19-25(33)11-12-26(23)31(34)22-7-3-2-4-8-22/h2-13,15,17,19-20,31,37H,14,16,18H2,1H3. The van der Waals surface area contributed by atoms with E-state index < -0.39 is 5.60 Å². The average Bonchev–Trinajstić information content (AvgIpc) is 3.37. The Hall–Kier alpha value is -4.13. The SMILES string of the molecule is CC(O)(c1cc2cc(CC(=O)N3CCc4cc(Cl)ccc4C3c3ccccc3)ccc2o1)c1cccc[n+]1[O-]. The molecule has 6 nitrogen and oxygen atoms in total. The van der Waals surface area contributed by atoms with Crippen molar-refractivity contribution in [3.05, 3.63) is 141 Å². The van der Waals surface area contributed by atoms with Crippen molar-refractivity contribution >= 4 is 28.5 Å². The lowest BCUT2D eigenvalue weighted by molar-refractivity contribution is -0.621. The van der Waals surface area contributed by atoms with Crippen molar-refractivity contribution in [2.45, 2.75) is 31.4 Å². The molecule has 7 heteroatoms. The number of halogens is 1. The highest BCUT2D eigenvalue weighted by molar-refractivity contribution is 6.30. The summed E-state index contributed by atoms with van der Waals surface area (Å²) in [7, 11) is 0. The Labute approximate surface area is 231 Å². The van der Waals surface area contributed by atoms with Gasteiger partial charge in [0.15, 0.2) is 6.20 Å². The van der Waals surface area contributed by atoms with Crippen molar-refractivity contribution < 1.29 is 19.0 Å². The normalized spacial score (nSPS) is 16.6. The lowest BCUT2D eigenvalue weighted by Gasteiger charge is -2.38. The number of rotatable bonds is 5. The van der Waals surface area contributed by atoms with E-state index in [0.29, 0.717) is 21.9 Å². The number of benzene rings is 3. The second kappa shape index (κ2) is 9.88. The van der Waals surface area contributed by atoms with Gasteiger partial charge in [-0.05, 0) is 72.0 Å². The van der Waals surface area contributed by atoms with Gasteiger partial charge in [0.2, 0.25) is 17.2 Å². The largest absolute Gasteiger partial charge is 0.618 e. The van der Waals surface area contributed by atoms with E-state index >= 15 is 0 Å². The van der Waals surface area contributed by atoms with E-state index in [1.807, 2.05) is 53.4 Å². The van der Waals surface area contributed by atoms with Crippen LogP contribution < -0.4 is 4.73 Å². The molecule has 3 heterocycles. The van der Waals surface area contributed by atoms with Gasteiger partial charge in [0.1, 0.15) is 11.3 Å². The molecule has 0 radical (unpaired) electrons. The van der Waals surface area contributed by atoms with Crippen LogP contribution in [0.1, 0.15) is 46.7 Å². The van der Waals surface area contributed by atoms with Crippen molar-refractivity contribution in [2.24, 2.45) is 0 Å². The molecule has 1 aliphatic heterocycles. The third kappa shape index (κ3) is 4.67. The zero-order valence-corrected chi connectivity index (χ0v) is 22.1. The molecule has 0 spiro atoms. The van der Waals surface area contributed by atoms with Crippen molar-refractivity contribution in [3.8, 4) is 0 Å². The van der Waals surface area contributed by atoms with E-state index in [9.17, 15) is 15.1 Å². The van der Waals surface area contributed by atoms with Crippen LogP contribution in [0.4, 0.5) is 0 Å². The molecule has 5 aromatic rings. The molecular weight excluding hydrogens is 512 g/mol. The number of hydrogen-bond acceptors (Lipinski definition) is 4. The van der Waals surface area contributed by atoms with Crippen LogP contribution in [0.25, 0.3) is 11.0 Å². The Bertz CT molecular complexity index is 1680. The lowest BCUT2D eigenvalue weighted by atomic mass is 9.87. The number of furan rings is 1. The van der Waals surface area contributed by atoms with Crippen molar-refractivity contribution in [1.82, 2.24) is 4.90 Å². The molecule has 0 fully saturated rings. The van der Waals surface area contributed by atoms with Crippen molar-refractivity contribution in [3.63, 3.8) is 0 Å². The second-order valence-corrected chi connectivity index (χ2v) is 10.6. The van der Waals surface area contributed by atoms with Crippen LogP contribution in [0, 0.1) is 5.21 Å². The maximum atomic E-state index is 13.7. The Kier molecular flexibility index (Phi) is 6.37. The van der Waals surface area contributed by atoms with Crippen LogP contribution in [0.2, 0.25) is 5.02 Å². The summed E-state index contributed by atoms with van der Waals surface area (Å²) in [6, 6.07) is 27.9. The van der Waals surface area contributed by atoms with Crippen molar-refractivity contribution in [2.75, 3.05) is 6.54 Å². The van der Waals surface area contributed by atoms with Gasteiger partial charge >= 0.3 is 0 Å². The summed E-state index contributed by atoms with van der Waals surface area (Å²) < 4.78 is 6.56. The maximum Gasteiger partial charge on any atom is 0.232 e. The minimum absolute atomic E-state index is 0.0243. The van der Waals surface area contributed by atoms with Gasteiger partial charge in [-0.25, -0.2) is 0 Å². The number of aromatic nitrogens is 1. The van der Waals surface area contributed by atoms with E-state index in [1.54, 1.807) is 30.3 Å². The molecule has 0 aliphatic carbocycles. The third-order valence-corrected chi connectivity index (χ3v) is 7.74. The Balaban J connectivity index is 1.29.